The van der Waals surface area contributed by atoms with Gasteiger partial charge in [0.15, 0.2) is 0 Å². The molecule has 2 aromatic rings. The van der Waals surface area contributed by atoms with E-state index < -0.39 is 0 Å². The molecular weight excluding hydrogens is 312 g/mol. The van der Waals surface area contributed by atoms with E-state index in [1.807, 2.05) is 13.0 Å². The van der Waals surface area contributed by atoms with Crippen molar-refractivity contribution in [3.63, 3.8) is 0 Å². The van der Waals surface area contributed by atoms with Crippen molar-refractivity contribution in [3.05, 3.63) is 59.7 Å². The topological polar surface area (TPSA) is 35.9 Å². The minimum atomic E-state index is 0.0138. The first-order valence-electron chi connectivity index (χ1n) is 9.10. The molecule has 0 amide bonds. The fourth-order valence-corrected chi connectivity index (χ4v) is 4.59. The van der Waals surface area contributed by atoms with Crippen LogP contribution >= 0.6 is 0 Å². The smallest absolute Gasteiger partial charge is 0.119 e. The van der Waals surface area contributed by atoms with E-state index in [1.54, 1.807) is 0 Å². The molecule has 0 spiro atoms. The fraction of sp³-hybridized carbons (Fsp3) is 0.429. The third-order valence-electron chi connectivity index (χ3n) is 5.71. The molecule has 25 heavy (non-hydrogen) atoms. The Bertz CT molecular complexity index is 749. The molecule has 2 heterocycles. The van der Waals surface area contributed by atoms with Crippen molar-refractivity contribution in [3.8, 4) is 5.75 Å². The summed E-state index contributed by atoms with van der Waals surface area (Å²) in [5, 5.41) is 10.1. The summed E-state index contributed by atoms with van der Waals surface area (Å²) in [5.41, 5.74) is 3.76. The number of aliphatic hydroxyl groups excluding tert-OH is 1. The van der Waals surface area contributed by atoms with E-state index in [2.05, 4.69) is 59.2 Å². The van der Waals surface area contributed by atoms with Gasteiger partial charge in [-0.1, -0.05) is 37.3 Å². The predicted octanol–water partition coefficient (Wildman–Crippen LogP) is 3.34. The molecule has 0 saturated carbocycles. The van der Waals surface area contributed by atoms with E-state index in [4.69, 9.17) is 4.74 Å². The van der Waals surface area contributed by atoms with Crippen molar-refractivity contribution >= 4 is 5.69 Å². The fourth-order valence-electron chi connectivity index (χ4n) is 4.59. The lowest BCUT2D eigenvalue weighted by Gasteiger charge is -2.35. The second kappa shape index (κ2) is 6.36. The Morgan fingerprint density at radius 2 is 2.00 bits per heavy atom. The first-order valence-corrected chi connectivity index (χ1v) is 9.10. The van der Waals surface area contributed by atoms with Crippen LogP contribution in [-0.2, 0) is 12.0 Å². The maximum atomic E-state index is 10.1. The van der Waals surface area contributed by atoms with Crippen LogP contribution in [0.2, 0.25) is 0 Å². The van der Waals surface area contributed by atoms with E-state index in [-0.39, 0.29) is 18.3 Å². The molecule has 132 valence electrons. The number of aliphatic hydroxyl groups is 1. The van der Waals surface area contributed by atoms with Gasteiger partial charge >= 0.3 is 0 Å². The van der Waals surface area contributed by atoms with Crippen molar-refractivity contribution in [1.29, 1.82) is 0 Å². The van der Waals surface area contributed by atoms with Gasteiger partial charge in [0, 0.05) is 24.2 Å². The van der Waals surface area contributed by atoms with E-state index in [0.717, 1.165) is 30.9 Å². The highest BCUT2D eigenvalue weighted by Gasteiger charge is 2.54. The van der Waals surface area contributed by atoms with Gasteiger partial charge in [0.05, 0.1) is 12.8 Å². The highest BCUT2D eigenvalue weighted by molar-refractivity contribution is 5.66. The third-order valence-corrected chi connectivity index (χ3v) is 5.71. The van der Waals surface area contributed by atoms with Gasteiger partial charge in [-0.05, 0) is 42.7 Å². The van der Waals surface area contributed by atoms with Crippen molar-refractivity contribution in [2.45, 2.75) is 38.4 Å². The number of anilines is 1. The van der Waals surface area contributed by atoms with Gasteiger partial charge in [0.25, 0.3) is 0 Å². The Morgan fingerprint density at radius 1 is 1.20 bits per heavy atom. The zero-order chi connectivity index (χ0) is 17.4. The van der Waals surface area contributed by atoms with E-state index >= 15 is 0 Å². The molecule has 0 bridgehead atoms. The molecule has 4 rings (SSSR count). The predicted molar refractivity (Wildman–Crippen MR) is 99.8 cm³/mol. The number of hydrogen-bond donors (Lipinski definition) is 1. The molecule has 2 aromatic carbocycles. The molecule has 4 heteroatoms. The molecule has 0 radical (unpaired) electrons. The summed E-state index contributed by atoms with van der Waals surface area (Å²) in [7, 11) is 0. The van der Waals surface area contributed by atoms with Crippen molar-refractivity contribution in [2.75, 3.05) is 24.8 Å². The minimum Gasteiger partial charge on any atom is -0.494 e. The van der Waals surface area contributed by atoms with E-state index in [0.29, 0.717) is 6.61 Å². The monoisotopic (exact) mass is 338 g/mol. The number of likely N-dealkylation sites (tertiary alicyclic amines) is 1. The Hall–Kier alpha value is -2.04. The molecule has 2 atom stereocenters. The van der Waals surface area contributed by atoms with Gasteiger partial charge in [-0.2, -0.15) is 0 Å². The minimum absolute atomic E-state index is 0.0138. The van der Waals surface area contributed by atoms with Crippen LogP contribution in [0.25, 0.3) is 0 Å². The number of hydrogen-bond acceptors (Lipinski definition) is 4. The van der Waals surface area contributed by atoms with Crippen molar-refractivity contribution in [2.24, 2.45) is 0 Å². The van der Waals surface area contributed by atoms with Gasteiger partial charge in [0.1, 0.15) is 12.5 Å². The summed E-state index contributed by atoms with van der Waals surface area (Å²) in [4.78, 5) is 4.63. The van der Waals surface area contributed by atoms with Gasteiger partial charge < -0.3 is 14.7 Å². The normalized spacial score (nSPS) is 25.1. The summed E-state index contributed by atoms with van der Waals surface area (Å²) in [5.74, 6) is 0.919. The lowest BCUT2D eigenvalue weighted by atomic mass is 9.81. The zero-order valence-electron chi connectivity index (χ0n) is 15.0. The largest absolute Gasteiger partial charge is 0.494 e. The lowest BCUT2D eigenvalue weighted by molar-refractivity contribution is 0.172. The molecule has 4 nitrogen and oxygen atoms in total. The number of benzene rings is 2. The standard InChI is InChI=1S/C21H26N2O2/c1-3-25-17-9-10-19-18(13-17)21(2)11-12-22(20(21)23(19)15-24)14-16-7-5-4-6-8-16/h4-10,13,20,24H,3,11-12,14-15H2,1-2H3/t20?,21-/m0/s1. The van der Waals surface area contributed by atoms with Crippen LogP contribution < -0.4 is 9.64 Å². The average Bonchev–Trinajstić information content (AvgIpc) is 3.08. The van der Waals surface area contributed by atoms with Crippen molar-refractivity contribution < 1.29 is 9.84 Å². The number of ether oxygens (including phenoxy) is 1. The maximum Gasteiger partial charge on any atom is 0.119 e. The molecule has 1 saturated heterocycles. The molecule has 2 aliphatic heterocycles. The Kier molecular flexibility index (Phi) is 4.18. The van der Waals surface area contributed by atoms with Crippen molar-refractivity contribution in [1.82, 2.24) is 4.90 Å². The first kappa shape index (κ1) is 16.4. The lowest BCUT2D eigenvalue weighted by Crippen LogP contribution is -2.48. The van der Waals surface area contributed by atoms with Gasteiger partial charge in [-0.3, -0.25) is 4.90 Å². The molecule has 1 N–H and O–H groups in total. The molecule has 0 aliphatic carbocycles. The highest BCUT2D eigenvalue weighted by Crippen LogP contribution is 2.52. The van der Waals surface area contributed by atoms with Crippen LogP contribution in [0.15, 0.2) is 48.5 Å². The Morgan fingerprint density at radius 3 is 2.72 bits per heavy atom. The number of fused-ring (bicyclic) bond motifs is 3. The highest BCUT2D eigenvalue weighted by atomic mass is 16.5. The summed E-state index contributed by atoms with van der Waals surface area (Å²) >= 11 is 0. The van der Waals surface area contributed by atoms with Crippen LogP contribution in [0, 0.1) is 0 Å². The molecule has 1 fully saturated rings. The van der Waals surface area contributed by atoms with Crippen LogP contribution in [-0.4, -0.2) is 36.1 Å². The molecule has 0 aromatic heterocycles. The summed E-state index contributed by atoms with van der Waals surface area (Å²) in [6.45, 7) is 6.98. The Balaban J connectivity index is 1.69. The third kappa shape index (κ3) is 2.60. The van der Waals surface area contributed by atoms with Gasteiger partial charge in [0.2, 0.25) is 0 Å². The van der Waals surface area contributed by atoms with E-state index in [1.165, 1.54) is 11.1 Å². The second-order valence-electron chi connectivity index (χ2n) is 7.22. The maximum absolute atomic E-state index is 10.1. The molecule has 2 aliphatic rings. The van der Waals surface area contributed by atoms with Crippen LogP contribution in [0.3, 0.4) is 0 Å². The molecule has 1 unspecified atom stereocenters. The van der Waals surface area contributed by atoms with Crippen LogP contribution in [0.4, 0.5) is 5.69 Å². The summed E-state index contributed by atoms with van der Waals surface area (Å²) in [6, 6.07) is 16.9. The SMILES string of the molecule is CCOc1ccc2c(c1)[C@]1(C)CCN(Cc3ccccc3)C1N2CO. The van der Waals surface area contributed by atoms with E-state index in [9.17, 15) is 5.11 Å². The zero-order valence-corrected chi connectivity index (χ0v) is 15.0. The number of nitrogens with zero attached hydrogens (tertiary/aromatic N) is 2. The van der Waals surface area contributed by atoms with Gasteiger partial charge in [-0.15, -0.1) is 0 Å². The second-order valence-corrected chi connectivity index (χ2v) is 7.22. The van der Waals surface area contributed by atoms with Gasteiger partial charge in [-0.25, -0.2) is 0 Å². The number of rotatable bonds is 5. The molecular formula is C21H26N2O2. The quantitative estimate of drug-likeness (QED) is 0.907. The van der Waals surface area contributed by atoms with Crippen LogP contribution in [0.5, 0.6) is 5.75 Å². The van der Waals surface area contributed by atoms with Crippen LogP contribution in [0.1, 0.15) is 31.4 Å². The average molecular weight is 338 g/mol. The first-order chi connectivity index (χ1) is 12.2. The Labute approximate surface area is 149 Å². The summed E-state index contributed by atoms with van der Waals surface area (Å²) in [6.07, 6.45) is 1.27. The summed E-state index contributed by atoms with van der Waals surface area (Å²) < 4.78 is 5.72.